The number of pyridine rings is 1. The molecule has 0 radical (unpaired) electrons. The number of rotatable bonds is 3. The maximum atomic E-state index is 12.3. The Labute approximate surface area is 136 Å². The molecule has 1 N–H and O–H groups in total. The summed E-state index contributed by atoms with van der Waals surface area (Å²) < 4.78 is 7.26. The van der Waals surface area contributed by atoms with E-state index in [1.54, 1.807) is 35.0 Å². The Hall–Kier alpha value is -3.41. The molecular formula is C18H13N3O3. The molecule has 0 fully saturated rings. The second-order valence-corrected chi connectivity index (χ2v) is 5.35. The summed E-state index contributed by atoms with van der Waals surface area (Å²) in [5.74, 6) is -0.441. The summed E-state index contributed by atoms with van der Waals surface area (Å²) >= 11 is 0. The molecule has 0 spiro atoms. The first kappa shape index (κ1) is 14.2. The highest BCUT2D eigenvalue weighted by Gasteiger charge is 2.13. The van der Waals surface area contributed by atoms with Crippen LogP contribution in [0.5, 0.6) is 0 Å². The maximum Gasteiger partial charge on any atom is 0.287 e. The van der Waals surface area contributed by atoms with Crippen LogP contribution < -0.4 is 10.7 Å². The lowest BCUT2D eigenvalue weighted by atomic mass is 10.2. The van der Waals surface area contributed by atoms with Crippen molar-refractivity contribution < 1.29 is 9.21 Å². The van der Waals surface area contributed by atoms with E-state index in [1.807, 2.05) is 24.4 Å². The lowest BCUT2D eigenvalue weighted by molar-refractivity contribution is 0.0924. The van der Waals surface area contributed by atoms with Gasteiger partial charge in [0.1, 0.15) is 5.58 Å². The number of hydrogen-bond acceptors (Lipinski definition) is 4. The van der Waals surface area contributed by atoms with Crippen LogP contribution in [0.1, 0.15) is 16.1 Å². The van der Waals surface area contributed by atoms with Crippen molar-refractivity contribution in [2.45, 2.75) is 6.54 Å². The summed E-state index contributed by atoms with van der Waals surface area (Å²) in [5, 5.41) is 7.43. The standard InChI is InChI=1S/C18H13N3O3/c22-15-9-17(24-16-7-2-1-5-13(15)16)18(23)19-10-12-11-20-21-8-4-3-6-14(12)21/h1-9,11H,10H2,(H,19,23). The van der Waals surface area contributed by atoms with Crippen LogP contribution in [0.25, 0.3) is 16.5 Å². The first-order chi connectivity index (χ1) is 11.7. The van der Waals surface area contributed by atoms with Gasteiger partial charge >= 0.3 is 0 Å². The van der Waals surface area contributed by atoms with Crippen LogP contribution >= 0.6 is 0 Å². The molecule has 1 aromatic carbocycles. The monoisotopic (exact) mass is 319 g/mol. The van der Waals surface area contributed by atoms with E-state index in [9.17, 15) is 9.59 Å². The van der Waals surface area contributed by atoms with Gasteiger partial charge < -0.3 is 9.73 Å². The number of nitrogens with one attached hydrogen (secondary N) is 1. The smallest absolute Gasteiger partial charge is 0.287 e. The number of amides is 1. The highest BCUT2D eigenvalue weighted by molar-refractivity contribution is 5.93. The molecule has 6 nitrogen and oxygen atoms in total. The third-order valence-corrected chi connectivity index (χ3v) is 3.80. The van der Waals surface area contributed by atoms with E-state index in [0.29, 0.717) is 17.5 Å². The van der Waals surface area contributed by atoms with E-state index in [-0.39, 0.29) is 11.2 Å². The molecule has 0 atom stereocenters. The molecule has 24 heavy (non-hydrogen) atoms. The van der Waals surface area contributed by atoms with Gasteiger partial charge in [0.2, 0.25) is 0 Å². The summed E-state index contributed by atoms with van der Waals surface area (Å²) in [4.78, 5) is 24.4. The minimum absolute atomic E-state index is 0.00447. The molecule has 0 aliphatic heterocycles. The number of para-hydroxylation sites is 1. The molecule has 6 heteroatoms. The molecule has 0 bridgehead atoms. The fraction of sp³-hybridized carbons (Fsp3) is 0.0556. The lowest BCUT2D eigenvalue weighted by Crippen LogP contribution is -2.23. The second kappa shape index (κ2) is 5.66. The Morgan fingerprint density at radius 1 is 1.17 bits per heavy atom. The molecule has 3 aromatic heterocycles. The Bertz CT molecular complexity index is 1110. The normalized spacial score (nSPS) is 11.0. The van der Waals surface area contributed by atoms with E-state index in [0.717, 1.165) is 11.1 Å². The molecule has 0 aliphatic carbocycles. The van der Waals surface area contributed by atoms with Crippen molar-refractivity contribution >= 4 is 22.4 Å². The average Bonchev–Trinajstić information content (AvgIpc) is 3.03. The van der Waals surface area contributed by atoms with E-state index in [2.05, 4.69) is 10.4 Å². The zero-order valence-electron chi connectivity index (χ0n) is 12.6. The van der Waals surface area contributed by atoms with E-state index < -0.39 is 5.91 Å². The number of benzene rings is 1. The van der Waals surface area contributed by atoms with Gasteiger partial charge in [-0.1, -0.05) is 18.2 Å². The van der Waals surface area contributed by atoms with Gasteiger partial charge in [0, 0.05) is 24.4 Å². The summed E-state index contributed by atoms with van der Waals surface area (Å²) in [5.41, 5.74) is 1.95. The molecule has 0 aliphatic rings. The van der Waals surface area contributed by atoms with Crippen LogP contribution in [-0.2, 0) is 6.54 Å². The molecular weight excluding hydrogens is 306 g/mol. The highest BCUT2D eigenvalue weighted by Crippen LogP contribution is 2.13. The highest BCUT2D eigenvalue weighted by atomic mass is 16.3. The fourth-order valence-corrected chi connectivity index (χ4v) is 2.60. The summed E-state index contributed by atoms with van der Waals surface area (Å²) in [6, 6.07) is 13.8. The summed E-state index contributed by atoms with van der Waals surface area (Å²) in [6.07, 6.45) is 3.54. The van der Waals surface area contributed by atoms with Crippen LogP contribution in [0.2, 0.25) is 0 Å². The predicted molar refractivity (Wildman–Crippen MR) is 88.8 cm³/mol. The third-order valence-electron chi connectivity index (χ3n) is 3.80. The zero-order chi connectivity index (χ0) is 16.5. The molecule has 1 amide bonds. The lowest BCUT2D eigenvalue weighted by Gasteiger charge is -2.05. The first-order valence-electron chi connectivity index (χ1n) is 7.45. The van der Waals surface area contributed by atoms with Gasteiger partial charge in [-0.3, -0.25) is 9.59 Å². The minimum Gasteiger partial charge on any atom is -0.451 e. The minimum atomic E-state index is -0.437. The third kappa shape index (κ3) is 2.44. The molecule has 4 rings (SSSR count). The number of nitrogens with zero attached hydrogens (tertiary/aromatic N) is 2. The second-order valence-electron chi connectivity index (χ2n) is 5.35. The number of hydrogen-bond donors (Lipinski definition) is 1. The number of carbonyl (C=O) groups excluding carboxylic acids is 1. The van der Waals surface area contributed by atoms with Crippen molar-refractivity contribution in [2.24, 2.45) is 0 Å². The summed E-state index contributed by atoms with van der Waals surface area (Å²) in [6.45, 7) is 0.295. The van der Waals surface area contributed by atoms with Gasteiger partial charge in [0.05, 0.1) is 17.1 Å². The molecule has 3 heterocycles. The predicted octanol–water partition coefficient (Wildman–Crippen LogP) is 2.37. The zero-order valence-corrected chi connectivity index (χ0v) is 12.6. The molecule has 118 valence electrons. The number of fused-ring (bicyclic) bond motifs is 2. The molecule has 0 saturated heterocycles. The van der Waals surface area contributed by atoms with Gasteiger partial charge in [-0.05, 0) is 24.3 Å². The molecule has 0 unspecified atom stereocenters. The van der Waals surface area contributed by atoms with Crippen molar-refractivity contribution in [3.8, 4) is 0 Å². The summed E-state index contributed by atoms with van der Waals surface area (Å²) in [7, 11) is 0. The Kier molecular flexibility index (Phi) is 3.35. The van der Waals surface area contributed by atoms with Crippen LogP contribution in [0, 0.1) is 0 Å². The van der Waals surface area contributed by atoms with Crippen LogP contribution in [0.4, 0.5) is 0 Å². The maximum absolute atomic E-state index is 12.3. The SMILES string of the molecule is O=C(NCc1cnn2ccccc12)c1cc(=O)c2ccccc2o1. The average molecular weight is 319 g/mol. The van der Waals surface area contributed by atoms with Gasteiger partial charge in [0.15, 0.2) is 11.2 Å². The van der Waals surface area contributed by atoms with E-state index in [4.69, 9.17) is 4.42 Å². The van der Waals surface area contributed by atoms with Gasteiger partial charge in [-0.25, -0.2) is 4.52 Å². The van der Waals surface area contributed by atoms with Crippen molar-refractivity contribution in [2.75, 3.05) is 0 Å². The van der Waals surface area contributed by atoms with Gasteiger partial charge in [-0.15, -0.1) is 0 Å². The number of carbonyl (C=O) groups is 1. The molecule has 0 saturated carbocycles. The van der Waals surface area contributed by atoms with Crippen molar-refractivity contribution in [3.63, 3.8) is 0 Å². The largest absolute Gasteiger partial charge is 0.451 e. The molecule has 4 aromatic rings. The van der Waals surface area contributed by atoms with E-state index in [1.165, 1.54) is 6.07 Å². The van der Waals surface area contributed by atoms with Crippen molar-refractivity contribution in [3.05, 3.63) is 82.5 Å². The first-order valence-corrected chi connectivity index (χ1v) is 7.45. The van der Waals surface area contributed by atoms with Crippen LogP contribution in [0.3, 0.4) is 0 Å². The van der Waals surface area contributed by atoms with Crippen LogP contribution in [-0.4, -0.2) is 15.5 Å². The Balaban J connectivity index is 1.59. The Morgan fingerprint density at radius 3 is 2.92 bits per heavy atom. The quantitative estimate of drug-likeness (QED) is 0.629. The van der Waals surface area contributed by atoms with Gasteiger partial charge in [-0.2, -0.15) is 5.10 Å². The topological polar surface area (TPSA) is 76.6 Å². The van der Waals surface area contributed by atoms with E-state index >= 15 is 0 Å². The van der Waals surface area contributed by atoms with Gasteiger partial charge in [0.25, 0.3) is 5.91 Å². The van der Waals surface area contributed by atoms with Crippen LogP contribution in [0.15, 0.2) is 70.1 Å². The Morgan fingerprint density at radius 2 is 2.00 bits per heavy atom. The van der Waals surface area contributed by atoms with Crippen molar-refractivity contribution in [1.82, 2.24) is 14.9 Å². The van der Waals surface area contributed by atoms with Crippen molar-refractivity contribution in [1.29, 1.82) is 0 Å². The fourth-order valence-electron chi connectivity index (χ4n) is 2.60. The number of aromatic nitrogens is 2.